The van der Waals surface area contributed by atoms with Crippen LogP contribution in [0.2, 0.25) is 0 Å². The predicted octanol–water partition coefficient (Wildman–Crippen LogP) is -0.440. The maximum Gasteiger partial charge on any atom is 0.407 e. The quantitative estimate of drug-likeness (QED) is 0.0735. The van der Waals surface area contributed by atoms with E-state index in [9.17, 15) is 29.1 Å². The second-order valence-electron chi connectivity index (χ2n) is 13.6. The van der Waals surface area contributed by atoms with Gasteiger partial charge in [0.2, 0.25) is 17.7 Å². The number of carbonyl (C=O) groups is 5. The molecule has 376 valence electrons. The molecule has 0 heterocycles. The predicted molar refractivity (Wildman–Crippen MR) is 229 cm³/mol. The third-order valence-corrected chi connectivity index (χ3v) is 8.65. The van der Waals surface area contributed by atoms with E-state index < -0.39 is 55.3 Å². The number of carbonyl (C=O) groups excluding carboxylic acids is 4. The topological polar surface area (TPSA) is 247 Å². The molecule has 1 atom stereocenters. The summed E-state index contributed by atoms with van der Waals surface area (Å²) in [6, 6.07) is -1.72. The summed E-state index contributed by atoms with van der Waals surface area (Å²) < 4.78 is 69.5. The van der Waals surface area contributed by atoms with E-state index in [1.807, 2.05) is 6.92 Å². The molecule has 2 N–H and O–H groups in total. The van der Waals surface area contributed by atoms with Gasteiger partial charge in [0.15, 0.2) is 0 Å². The lowest BCUT2D eigenvalue weighted by Crippen LogP contribution is -2.51. The smallest absolute Gasteiger partial charge is 0.407 e. The van der Waals surface area contributed by atoms with Gasteiger partial charge in [0.25, 0.3) is 0 Å². The Morgan fingerprint density at radius 1 is 0.438 bits per heavy atom. The van der Waals surface area contributed by atoms with Gasteiger partial charge in [-0.3, -0.25) is 14.4 Å². The Labute approximate surface area is 378 Å². The average Bonchev–Trinajstić information content (AvgIpc) is 3.27. The fourth-order valence-electron chi connectivity index (χ4n) is 5.03. The van der Waals surface area contributed by atoms with Crippen molar-refractivity contribution in [2.75, 3.05) is 206 Å². The van der Waals surface area contributed by atoms with Gasteiger partial charge in [0.1, 0.15) is 19.1 Å². The summed E-state index contributed by atoms with van der Waals surface area (Å²) in [5.74, 6) is -3.54. The highest BCUT2D eigenvalue weighted by Crippen LogP contribution is 2.06. The van der Waals surface area contributed by atoms with Gasteiger partial charge in [-0.1, -0.05) is 13.3 Å². The van der Waals surface area contributed by atoms with E-state index in [0.717, 1.165) is 11.3 Å². The molecule has 0 aliphatic rings. The first-order valence-corrected chi connectivity index (χ1v) is 21.7. The Morgan fingerprint density at radius 3 is 1.05 bits per heavy atom. The van der Waals surface area contributed by atoms with Gasteiger partial charge in [-0.15, -0.1) is 0 Å². The number of rotatable bonds is 47. The van der Waals surface area contributed by atoms with Crippen LogP contribution < -0.4 is 5.32 Å². The van der Waals surface area contributed by atoms with E-state index in [1.165, 1.54) is 9.80 Å². The first-order valence-electron chi connectivity index (χ1n) is 21.7. The van der Waals surface area contributed by atoms with Gasteiger partial charge in [-0.2, -0.15) is 0 Å². The minimum absolute atomic E-state index is 0.0492. The molecule has 64 heavy (non-hydrogen) atoms. The number of methoxy groups -OCH3 is 4. The first-order chi connectivity index (χ1) is 31.1. The summed E-state index contributed by atoms with van der Waals surface area (Å²) in [5.41, 5.74) is 0. The number of aliphatic carboxylic acids is 1. The van der Waals surface area contributed by atoms with Crippen molar-refractivity contribution in [2.45, 2.75) is 32.2 Å². The monoisotopic (exact) mass is 931 g/mol. The number of hydrogen-bond donors (Lipinski definition) is 2. The van der Waals surface area contributed by atoms with Crippen molar-refractivity contribution in [2.24, 2.45) is 0 Å². The molecule has 0 aromatic carbocycles. The molecule has 23 heteroatoms. The van der Waals surface area contributed by atoms with Crippen LogP contribution in [0.3, 0.4) is 0 Å². The molecular weight excluding hydrogens is 852 g/mol. The second kappa shape index (κ2) is 44.9. The number of unbranched alkanes of at least 4 members (excludes halogenated alkanes) is 1. The van der Waals surface area contributed by atoms with Crippen LogP contribution in [-0.2, 0) is 80.8 Å². The van der Waals surface area contributed by atoms with Crippen LogP contribution in [0.15, 0.2) is 0 Å². The summed E-state index contributed by atoms with van der Waals surface area (Å²) in [4.78, 5) is 70.6. The lowest BCUT2D eigenvalue weighted by Gasteiger charge is -2.30. The average molecular weight is 931 g/mol. The number of alkyl carbamates (subject to hydrolysis) is 1. The summed E-state index contributed by atoms with van der Waals surface area (Å²) >= 11 is 0. The van der Waals surface area contributed by atoms with Crippen molar-refractivity contribution < 1.29 is 90.7 Å². The molecule has 0 aromatic heterocycles. The molecule has 0 aliphatic carbocycles. The molecule has 0 spiro atoms. The Kier molecular flexibility index (Phi) is 42.5. The summed E-state index contributed by atoms with van der Waals surface area (Å²) in [7, 11) is 6.27. The molecule has 0 fully saturated rings. The number of nitrogens with one attached hydrogen (secondary N) is 1. The SMILES string of the molecule is CCCCOC(=O)N[C@@H](CC(=O)N(CC(=O)N(CCOCCOCCOC)CCOCCOCCOC)CC(=O)N(CCOCCOCCOC)CCOCCOCCOC)C(=O)O. The zero-order chi connectivity index (χ0) is 47.3. The van der Waals surface area contributed by atoms with Crippen molar-refractivity contribution in [1.29, 1.82) is 0 Å². The molecule has 0 saturated heterocycles. The maximum atomic E-state index is 14.0. The normalized spacial score (nSPS) is 11.6. The molecule has 23 nitrogen and oxygen atoms in total. The van der Waals surface area contributed by atoms with Crippen LogP contribution >= 0.6 is 0 Å². The molecule has 0 rings (SSSR count). The van der Waals surface area contributed by atoms with Crippen LogP contribution in [0.4, 0.5) is 4.79 Å². The Hall–Kier alpha value is -3.33. The number of carboxylic acids is 1. The number of ether oxygens (including phenoxy) is 13. The molecular formula is C41H78N4O19. The van der Waals surface area contributed by atoms with E-state index in [0.29, 0.717) is 85.7 Å². The van der Waals surface area contributed by atoms with Crippen LogP contribution in [0, 0.1) is 0 Å². The van der Waals surface area contributed by atoms with Crippen LogP contribution in [0.25, 0.3) is 0 Å². The summed E-state index contributed by atoms with van der Waals surface area (Å²) in [6.45, 7) is 7.00. The zero-order valence-corrected chi connectivity index (χ0v) is 38.9. The summed E-state index contributed by atoms with van der Waals surface area (Å²) in [5, 5.41) is 12.2. The third-order valence-electron chi connectivity index (χ3n) is 8.65. The fraction of sp³-hybridized carbons (Fsp3) is 0.878. The van der Waals surface area contributed by atoms with Gasteiger partial charge in [-0.05, 0) is 6.42 Å². The molecule has 0 aliphatic heterocycles. The molecule has 0 aromatic rings. The van der Waals surface area contributed by atoms with Crippen molar-refractivity contribution in [1.82, 2.24) is 20.0 Å². The summed E-state index contributed by atoms with van der Waals surface area (Å²) in [6.07, 6.45) is -0.522. The highest BCUT2D eigenvalue weighted by molar-refractivity contribution is 5.92. The van der Waals surface area contributed by atoms with Crippen molar-refractivity contribution >= 4 is 29.8 Å². The van der Waals surface area contributed by atoms with Crippen LogP contribution in [-0.4, -0.2) is 262 Å². The van der Waals surface area contributed by atoms with Gasteiger partial charge < -0.3 is 86.7 Å². The van der Waals surface area contributed by atoms with E-state index >= 15 is 0 Å². The molecule has 0 radical (unpaired) electrons. The lowest BCUT2D eigenvalue weighted by molar-refractivity contribution is -0.148. The lowest BCUT2D eigenvalue weighted by atomic mass is 10.2. The van der Waals surface area contributed by atoms with Crippen molar-refractivity contribution in [3.63, 3.8) is 0 Å². The largest absolute Gasteiger partial charge is 0.480 e. The zero-order valence-electron chi connectivity index (χ0n) is 38.9. The number of hydrogen-bond acceptors (Lipinski definition) is 18. The Bertz CT molecular complexity index is 1060. The standard InChI is InChI=1S/C41H78N4O19/c1-6-7-12-64-41(51)42-36(40(49)50)33-37(46)45(34-38(47)43(8-13-56-25-29-60-21-17-52-2)9-14-57-26-30-61-22-18-53-3)35-39(48)44(10-15-58-27-31-62-23-19-54-4)11-16-59-28-32-63-24-20-55-5/h36H,6-35H2,1-5H3,(H,42,51)(H,49,50)/t36-/m0/s1. The first kappa shape index (κ1) is 60.7. The number of carboxylic acid groups (broad SMARTS) is 1. The fourth-order valence-corrected chi connectivity index (χ4v) is 5.03. The van der Waals surface area contributed by atoms with E-state index in [2.05, 4.69) is 5.32 Å². The molecule has 4 amide bonds. The molecule has 0 bridgehead atoms. The highest BCUT2D eigenvalue weighted by atomic mass is 16.6. The Balaban J connectivity index is 6.21. The minimum Gasteiger partial charge on any atom is -0.480 e. The third kappa shape index (κ3) is 36.0. The second-order valence-corrected chi connectivity index (χ2v) is 13.6. The van der Waals surface area contributed by atoms with Crippen molar-refractivity contribution in [3.05, 3.63) is 0 Å². The van der Waals surface area contributed by atoms with Crippen LogP contribution in [0.1, 0.15) is 26.2 Å². The maximum absolute atomic E-state index is 14.0. The molecule has 0 unspecified atom stereocenters. The van der Waals surface area contributed by atoms with Gasteiger partial charge in [0, 0.05) is 54.6 Å². The highest BCUT2D eigenvalue weighted by Gasteiger charge is 2.31. The van der Waals surface area contributed by atoms with E-state index in [-0.39, 0.29) is 85.6 Å². The van der Waals surface area contributed by atoms with Crippen molar-refractivity contribution in [3.8, 4) is 0 Å². The number of nitrogens with zero attached hydrogens (tertiary/aromatic N) is 3. The Morgan fingerprint density at radius 2 is 0.750 bits per heavy atom. The number of amides is 4. The van der Waals surface area contributed by atoms with Crippen LogP contribution in [0.5, 0.6) is 0 Å². The minimum atomic E-state index is -1.72. The van der Waals surface area contributed by atoms with Gasteiger partial charge in [0.05, 0.1) is 145 Å². The van der Waals surface area contributed by atoms with E-state index in [4.69, 9.17) is 61.6 Å². The van der Waals surface area contributed by atoms with Gasteiger partial charge >= 0.3 is 12.1 Å². The van der Waals surface area contributed by atoms with E-state index in [1.54, 1.807) is 28.4 Å². The molecule has 0 saturated carbocycles. The van der Waals surface area contributed by atoms with Gasteiger partial charge in [-0.25, -0.2) is 9.59 Å².